The average Bonchev–Trinajstić information content (AvgIpc) is 2.73. The summed E-state index contributed by atoms with van der Waals surface area (Å²) in [7, 11) is 0. The lowest BCUT2D eigenvalue weighted by Crippen LogP contribution is -2.46. The van der Waals surface area contributed by atoms with Gasteiger partial charge in [0.05, 0.1) is 0 Å². The van der Waals surface area contributed by atoms with Crippen molar-refractivity contribution in [3.05, 3.63) is 0 Å². The van der Waals surface area contributed by atoms with Crippen LogP contribution >= 0.6 is 0 Å². The van der Waals surface area contributed by atoms with Gasteiger partial charge in [-0.05, 0) is 54.5 Å². The van der Waals surface area contributed by atoms with E-state index < -0.39 is 0 Å². The fraction of sp³-hybridized carbons (Fsp3) is 1.00. The van der Waals surface area contributed by atoms with E-state index in [1.165, 1.54) is 51.9 Å². The van der Waals surface area contributed by atoms with Crippen LogP contribution in [0.5, 0.6) is 0 Å². The van der Waals surface area contributed by atoms with Crippen LogP contribution in [0.25, 0.3) is 0 Å². The van der Waals surface area contributed by atoms with Crippen LogP contribution in [0.1, 0.15) is 60.3 Å². The summed E-state index contributed by atoms with van der Waals surface area (Å²) in [4.78, 5) is 0. The molecule has 0 aromatic carbocycles. The summed E-state index contributed by atoms with van der Waals surface area (Å²) in [5.74, 6) is 0.843. The van der Waals surface area contributed by atoms with Crippen LogP contribution in [0.3, 0.4) is 0 Å². The van der Waals surface area contributed by atoms with E-state index in [1.54, 1.807) is 0 Å². The third-order valence-corrected chi connectivity index (χ3v) is 6.51. The third kappa shape index (κ3) is 2.85. The van der Waals surface area contributed by atoms with Gasteiger partial charge in [0.25, 0.3) is 0 Å². The SMILES string of the molecule is CCCC1(CNCC2C(C)(C)C2(C)C)CCCNC1. The summed E-state index contributed by atoms with van der Waals surface area (Å²) in [6.45, 7) is 16.8. The first-order valence-electron chi connectivity index (χ1n) is 8.27. The Balaban J connectivity index is 1.80. The van der Waals surface area contributed by atoms with Crippen LogP contribution in [-0.2, 0) is 0 Å². The van der Waals surface area contributed by atoms with Crippen molar-refractivity contribution in [2.75, 3.05) is 26.2 Å². The molecular formula is C17H34N2. The fourth-order valence-electron chi connectivity index (χ4n) is 4.34. The Morgan fingerprint density at radius 1 is 1.16 bits per heavy atom. The van der Waals surface area contributed by atoms with E-state index in [-0.39, 0.29) is 0 Å². The fourth-order valence-corrected chi connectivity index (χ4v) is 4.34. The number of piperidine rings is 1. The summed E-state index contributed by atoms with van der Waals surface area (Å²) in [5, 5.41) is 7.42. The van der Waals surface area contributed by atoms with Gasteiger partial charge in [0.1, 0.15) is 0 Å². The molecule has 0 radical (unpaired) electrons. The van der Waals surface area contributed by atoms with E-state index in [9.17, 15) is 0 Å². The predicted octanol–water partition coefficient (Wildman–Crippen LogP) is 3.43. The monoisotopic (exact) mass is 266 g/mol. The highest BCUT2D eigenvalue weighted by molar-refractivity contribution is 5.12. The molecule has 0 amide bonds. The first kappa shape index (κ1) is 15.3. The van der Waals surface area contributed by atoms with Crippen molar-refractivity contribution in [2.24, 2.45) is 22.2 Å². The van der Waals surface area contributed by atoms with Crippen molar-refractivity contribution < 1.29 is 0 Å². The summed E-state index contributed by atoms with van der Waals surface area (Å²) in [6.07, 6.45) is 5.43. The van der Waals surface area contributed by atoms with Gasteiger partial charge in [-0.3, -0.25) is 0 Å². The van der Waals surface area contributed by atoms with Gasteiger partial charge >= 0.3 is 0 Å². The molecule has 1 aliphatic carbocycles. The van der Waals surface area contributed by atoms with E-state index in [2.05, 4.69) is 45.3 Å². The molecule has 1 saturated carbocycles. The van der Waals surface area contributed by atoms with Crippen molar-refractivity contribution in [1.82, 2.24) is 10.6 Å². The smallest absolute Gasteiger partial charge is 0.00201 e. The highest BCUT2D eigenvalue weighted by atomic mass is 15.0. The summed E-state index contributed by atoms with van der Waals surface area (Å²) in [6, 6.07) is 0. The number of hydrogen-bond donors (Lipinski definition) is 2. The second kappa shape index (κ2) is 5.37. The standard InChI is InChI=1S/C17H34N2/c1-6-8-17(9-7-10-18-12-17)13-19-11-14-15(2,3)16(14,4)5/h14,18-19H,6-13H2,1-5H3. The molecule has 2 nitrogen and oxygen atoms in total. The van der Waals surface area contributed by atoms with Crippen LogP contribution in [0.2, 0.25) is 0 Å². The van der Waals surface area contributed by atoms with Crippen molar-refractivity contribution >= 4 is 0 Å². The van der Waals surface area contributed by atoms with Gasteiger partial charge in [0.2, 0.25) is 0 Å². The maximum atomic E-state index is 3.81. The third-order valence-electron chi connectivity index (χ3n) is 6.51. The largest absolute Gasteiger partial charge is 0.316 e. The molecule has 1 atom stereocenters. The van der Waals surface area contributed by atoms with E-state index in [0.717, 1.165) is 5.92 Å². The zero-order valence-electron chi connectivity index (χ0n) is 13.7. The highest BCUT2D eigenvalue weighted by Crippen LogP contribution is 2.67. The maximum Gasteiger partial charge on any atom is 0.00201 e. The molecule has 0 spiro atoms. The quantitative estimate of drug-likeness (QED) is 0.769. The molecule has 0 bridgehead atoms. The molecule has 1 unspecified atom stereocenters. The first-order chi connectivity index (χ1) is 8.86. The summed E-state index contributed by atoms with van der Waals surface area (Å²) in [5.41, 5.74) is 1.56. The van der Waals surface area contributed by atoms with Crippen LogP contribution in [0.15, 0.2) is 0 Å². The molecule has 2 heteroatoms. The average molecular weight is 266 g/mol. The molecule has 1 saturated heterocycles. The van der Waals surface area contributed by atoms with Gasteiger partial charge < -0.3 is 10.6 Å². The summed E-state index contributed by atoms with van der Waals surface area (Å²) < 4.78 is 0. The summed E-state index contributed by atoms with van der Waals surface area (Å²) >= 11 is 0. The lowest BCUT2D eigenvalue weighted by molar-refractivity contribution is 0.181. The van der Waals surface area contributed by atoms with E-state index >= 15 is 0 Å². The van der Waals surface area contributed by atoms with E-state index in [1.807, 2.05) is 0 Å². The molecule has 19 heavy (non-hydrogen) atoms. The van der Waals surface area contributed by atoms with E-state index in [4.69, 9.17) is 0 Å². The Bertz CT molecular complexity index is 281. The number of rotatable bonds is 6. The molecule has 2 fully saturated rings. The molecular weight excluding hydrogens is 232 g/mol. The Morgan fingerprint density at radius 3 is 2.32 bits per heavy atom. The Kier molecular flexibility index (Phi) is 4.32. The lowest BCUT2D eigenvalue weighted by Gasteiger charge is -2.38. The lowest BCUT2D eigenvalue weighted by atomic mass is 9.77. The molecule has 2 aliphatic rings. The Labute approximate surface area is 120 Å². The highest BCUT2D eigenvalue weighted by Gasteiger charge is 2.63. The van der Waals surface area contributed by atoms with Gasteiger partial charge in [-0.25, -0.2) is 0 Å². The topological polar surface area (TPSA) is 24.1 Å². The first-order valence-corrected chi connectivity index (χ1v) is 8.27. The number of nitrogens with one attached hydrogen (secondary N) is 2. The molecule has 2 rings (SSSR count). The Hall–Kier alpha value is -0.0800. The van der Waals surface area contributed by atoms with Gasteiger partial charge in [0.15, 0.2) is 0 Å². The zero-order chi connectivity index (χ0) is 14.1. The van der Waals surface area contributed by atoms with Crippen molar-refractivity contribution in [1.29, 1.82) is 0 Å². The van der Waals surface area contributed by atoms with Crippen LogP contribution < -0.4 is 10.6 Å². The minimum Gasteiger partial charge on any atom is -0.316 e. The Morgan fingerprint density at radius 2 is 1.84 bits per heavy atom. The predicted molar refractivity (Wildman–Crippen MR) is 83.4 cm³/mol. The van der Waals surface area contributed by atoms with Crippen LogP contribution in [0, 0.1) is 22.2 Å². The van der Waals surface area contributed by atoms with Gasteiger partial charge in [-0.2, -0.15) is 0 Å². The minimum atomic E-state index is 0.517. The normalized spacial score (nSPS) is 33.3. The van der Waals surface area contributed by atoms with Gasteiger partial charge in [-0.1, -0.05) is 41.0 Å². The molecule has 1 aliphatic heterocycles. The van der Waals surface area contributed by atoms with Crippen molar-refractivity contribution in [3.63, 3.8) is 0 Å². The maximum absolute atomic E-state index is 3.81. The van der Waals surface area contributed by atoms with Gasteiger partial charge in [0, 0.05) is 13.1 Å². The second-order valence-corrected chi connectivity index (χ2v) is 8.16. The molecule has 0 aromatic heterocycles. The van der Waals surface area contributed by atoms with Crippen molar-refractivity contribution in [3.8, 4) is 0 Å². The van der Waals surface area contributed by atoms with E-state index in [0.29, 0.717) is 16.2 Å². The molecule has 2 N–H and O–H groups in total. The van der Waals surface area contributed by atoms with Gasteiger partial charge in [-0.15, -0.1) is 0 Å². The van der Waals surface area contributed by atoms with Crippen molar-refractivity contribution in [2.45, 2.75) is 60.3 Å². The molecule has 1 heterocycles. The van der Waals surface area contributed by atoms with Crippen LogP contribution in [0.4, 0.5) is 0 Å². The molecule has 112 valence electrons. The number of hydrogen-bond acceptors (Lipinski definition) is 2. The van der Waals surface area contributed by atoms with Crippen LogP contribution in [-0.4, -0.2) is 26.2 Å². The zero-order valence-corrected chi connectivity index (χ0v) is 13.7. The minimum absolute atomic E-state index is 0.517. The second-order valence-electron chi connectivity index (χ2n) is 8.16. The molecule has 0 aromatic rings.